The largest absolute Gasteiger partial charge is 0.342 e. The van der Waals surface area contributed by atoms with Gasteiger partial charge in [-0.2, -0.15) is 5.10 Å². The Labute approximate surface area is 131 Å². The van der Waals surface area contributed by atoms with Gasteiger partial charge in [0.15, 0.2) is 9.84 Å². The SMILES string of the molecule is CS(=O)(=O)c1cn[nH]c1C1CCN(C(=O)CC2CCCC2)C1. The summed E-state index contributed by atoms with van der Waals surface area (Å²) in [5.41, 5.74) is 0.652. The standard InChI is InChI=1S/C15H23N3O3S/c1-22(20,21)13-9-16-17-15(13)12-6-7-18(10-12)14(19)8-11-4-2-3-5-11/h9,11-12H,2-8,10H2,1H3,(H,16,17). The third kappa shape index (κ3) is 3.19. The van der Waals surface area contributed by atoms with Crippen molar-refractivity contribution >= 4 is 15.7 Å². The first-order chi connectivity index (χ1) is 10.4. The Morgan fingerprint density at radius 2 is 2.09 bits per heavy atom. The molecular weight excluding hydrogens is 302 g/mol. The van der Waals surface area contributed by atoms with E-state index in [0.717, 1.165) is 6.42 Å². The Bertz CT molecular complexity index is 647. The van der Waals surface area contributed by atoms with Gasteiger partial charge in [0.1, 0.15) is 4.90 Å². The van der Waals surface area contributed by atoms with Gasteiger partial charge in [-0.25, -0.2) is 8.42 Å². The summed E-state index contributed by atoms with van der Waals surface area (Å²) in [6.07, 6.45) is 8.82. The summed E-state index contributed by atoms with van der Waals surface area (Å²) >= 11 is 0. The first-order valence-corrected chi connectivity index (χ1v) is 9.85. The van der Waals surface area contributed by atoms with Crippen molar-refractivity contribution in [1.29, 1.82) is 0 Å². The lowest BCUT2D eigenvalue weighted by Gasteiger charge is -2.18. The van der Waals surface area contributed by atoms with Crippen LogP contribution in [0.1, 0.15) is 50.1 Å². The summed E-state index contributed by atoms with van der Waals surface area (Å²) < 4.78 is 23.6. The monoisotopic (exact) mass is 325 g/mol. The summed E-state index contributed by atoms with van der Waals surface area (Å²) in [5, 5.41) is 6.70. The molecule has 2 aliphatic rings. The van der Waals surface area contributed by atoms with Crippen molar-refractivity contribution in [3.05, 3.63) is 11.9 Å². The molecule has 0 spiro atoms. The second-order valence-electron chi connectivity index (χ2n) is 6.60. The average molecular weight is 325 g/mol. The zero-order valence-corrected chi connectivity index (χ0v) is 13.7. The van der Waals surface area contributed by atoms with Crippen LogP contribution in [-0.4, -0.2) is 48.8 Å². The Kier molecular flexibility index (Phi) is 4.25. The maximum atomic E-state index is 12.4. The molecule has 1 aromatic rings. The van der Waals surface area contributed by atoms with Crippen LogP contribution in [0.5, 0.6) is 0 Å². The summed E-state index contributed by atoms with van der Waals surface area (Å²) in [6.45, 7) is 1.30. The van der Waals surface area contributed by atoms with Crippen molar-refractivity contribution in [2.45, 2.75) is 49.3 Å². The van der Waals surface area contributed by atoms with Gasteiger partial charge in [-0.3, -0.25) is 9.89 Å². The molecule has 1 saturated heterocycles. The molecule has 1 unspecified atom stereocenters. The van der Waals surface area contributed by atoms with E-state index in [4.69, 9.17) is 0 Å². The molecule has 0 aromatic carbocycles. The molecule has 7 heteroatoms. The van der Waals surface area contributed by atoms with E-state index in [2.05, 4.69) is 10.2 Å². The van der Waals surface area contributed by atoms with E-state index >= 15 is 0 Å². The molecule has 1 amide bonds. The summed E-state index contributed by atoms with van der Waals surface area (Å²) in [7, 11) is -3.28. The maximum absolute atomic E-state index is 12.4. The van der Waals surface area contributed by atoms with E-state index in [1.54, 1.807) is 0 Å². The Hall–Kier alpha value is -1.37. The predicted octanol–water partition coefficient (Wildman–Crippen LogP) is 1.71. The van der Waals surface area contributed by atoms with Crippen LogP contribution in [0, 0.1) is 5.92 Å². The lowest BCUT2D eigenvalue weighted by Crippen LogP contribution is -2.29. The van der Waals surface area contributed by atoms with E-state index in [-0.39, 0.29) is 16.7 Å². The second-order valence-corrected chi connectivity index (χ2v) is 8.58. The van der Waals surface area contributed by atoms with Gasteiger partial charge in [0.25, 0.3) is 0 Å². The molecule has 22 heavy (non-hydrogen) atoms. The number of nitrogens with zero attached hydrogens (tertiary/aromatic N) is 2. The quantitative estimate of drug-likeness (QED) is 0.913. The van der Waals surface area contributed by atoms with Crippen molar-refractivity contribution in [3.8, 4) is 0 Å². The van der Waals surface area contributed by atoms with Crippen LogP contribution in [0.4, 0.5) is 0 Å². The van der Waals surface area contributed by atoms with E-state index in [9.17, 15) is 13.2 Å². The van der Waals surface area contributed by atoms with Crippen LogP contribution in [0.15, 0.2) is 11.1 Å². The third-order valence-electron chi connectivity index (χ3n) is 4.92. The Balaban J connectivity index is 1.65. The molecule has 0 bridgehead atoms. The molecule has 2 heterocycles. The zero-order chi connectivity index (χ0) is 15.7. The maximum Gasteiger partial charge on any atom is 0.222 e. The van der Waals surface area contributed by atoms with Crippen molar-refractivity contribution in [3.63, 3.8) is 0 Å². The number of rotatable bonds is 4. The molecule has 3 rings (SSSR count). The highest BCUT2D eigenvalue weighted by atomic mass is 32.2. The number of amides is 1. The van der Waals surface area contributed by atoms with Gasteiger partial charge in [-0.15, -0.1) is 0 Å². The Morgan fingerprint density at radius 3 is 2.77 bits per heavy atom. The minimum absolute atomic E-state index is 0.0414. The minimum Gasteiger partial charge on any atom is -0.342 e. The summed E-state index contributed by atoms with van der Waals surface area (Å²) in [5.74, 6) is 0.805. The highest BCUT2D eigenvalue weighted by Crippen LogP contribution is 2.32. The molecule has 1 aliphatic heterocycles. The van der Waals surface area contributed by atoms with Crippen LogP contribution in [0.2, 0.25) is 0 Å². The zero-order valence-electron chi connectivity index (χ0n) is 12.9. The van der Waals surface area contributed by atoms with Gasteiger partial charge >= 0.3 is 0 Å². The molecule has 1 aromatic heterocycles. The lowest BCUT2D eigenvalue weighted by atomic mass is 10.0. The molecular formula is C15H23N3O3S. The average Bonchev–Trinajstić information content (AvgIpc) is 3.18. The number of nitrogens with one attached hydrogen (secondary N) is 1. The van der Waals surface area contributed by atoms with E-state index in [1.807, 2.05) is 4.90 Å². The number of H-pyrrole nitrogens is 1. The summed E-state index contributed by atoms with van der Waals surface area (Å²) in [4.78, 5) is 14.5. The van der Waals surface area contributed by atoms with Gasteiger partial charge in [-0.1, -0.05) is 12.8 Å². The molecule has 1 aliphatic carbocycles. The lowest BCUT2D eigenvalue weighted by molar-refractivity contribution is -0.131. The molecule has 2 fully saturated rings. The number of aromatic amines is 1. The first-order valence-electron chi connectivity index (χ1n) is 7.96. The van der Waals surface area contributed by atoms with Gasteiger partial charge < -0.3 is 4.90 Å². The molecule has 1 saturated carbocycles. The van der Waals surface area contributed by atoms with Crippen LogP contribution in [0.25, 0.3) is 0 Å². The van der Waals surface area contributed by atoms with Crippen LogP contribution >= 0.6 is 0 Å². The van der Waals surface area contributed by atoms with Crippen molar-refractivity contribution in [2.24, 2.45) is 5.92 Å². The van der Waals surface area contributed by atoms with E-state index in [0.29, 0.717) is 31.1 Å². The second kappa shape index (κ2) is 6.02. The molecule has 122 valence electrons. The van der Waals surface area contributed by atoms with Gasteiger partial charge in [-0.05, 0) is 25.2 Å². The van der Waals surface area contributed by atoms with Gasteiger partial charge in [0.05, 0.1) is 11.9 Å². The topological polar surface area (TPSA) is 83.1 Å². The number of hydrogen-bond donors (Lipinski definition) is 1. The highest BCUT2D eigenvalue weighted by Gasteiger charge is 2.32. The number of hydrogen-bond acceptors (Lipinski definition) is 4. The third-order valence-corrected chi connectivity index (χ3v) is 6.04. The van der Waals surface area contributed by atoms with Crippen LogP contribution in [0.3, 0.4) is 0 Å². The Morgan fingerprint density at radius 1 is 1.36 bits per heavy atom. The summed E-state index contributed by atoms with van der Waals surface area (Å²) in [6, 6.07) is 0. The molecule has 1 atom stereocenters. The highest BCUT2D eigenvalue weighted by molar-refractivity contribution is 7.90. The van der Waals surface area contributed by atoms with E-state index in [1.165, 1.54) is 38.1 Å². The number of carbonyl (C=O) groups excluding carboxylic acids is 1. The van der Waals surface area contributed by atoms with E-state index < -0.39 is 9.84 Å². The fraction of sp³-hybridized carbons (Fsp3) is 0.733. The van der Waals surface area contributed by atoms with Gasteiger partial charge in [0.2, 0.25) is 5.91 Å². The van der Waals surface area contributed by atoms with Crippen molar-refractivity contribution in [2.75, 3.05) is 19.3 Å². The number of likely N-dealkylation sites (tertiary alicyclic amines) is 1. The van der Waals surface area contributed by atoms with Crippen LogP contribution in [-0.2, 0) is 14.6 Å². The first kappa shape index (κ1) is 15.5. The fourth-order valence-electron chi connectivity index (χ4n) is 3.69. The van der Waals surface area contributed by atoms with Crippen molar-refractivity contribution in [1.82, 2.24) is 15.1 Å². The molecule has 6 nitrogen and oxygen atoms in total. The fourth-order valence-corrected chi connectivity index (χ4v) is 4.54. The van der Waals surface area contributed by atoms with Crippen LogP contribution < -0.4 is 0 Å². The van der Waals surface area contributed by atoms with Gasteiger partial charge in [0, 0.05) is 31.7 Å². The minimum atomic E-state index is -3.28. The normalized spacial score (nSPS) is 23.3. The van der Waals surface area contributed by atoms with Crippen molar-refractivity contribution < 1.29 is 13.2 Å². The smallest absolute Gasteiger partial charge is 0.222 e. The number of aromatic nitrogens is 2. The number of sulfone groups is 1. The number of carbonyl (C=O) groups is 1. The molecule has 1 N–H and O–H groups in total. The predicted molar refractivity (Wildman–Crippen MR) is 82.2 cm³/mol. The molecule has 0 radical (unpaired) electrons.